The van der Waals surface area contributed by atoms with Crippen molar-refractivity contribution in [2.75, 3.05) is 11.9 Å². The van der Waals surface area contributed by atoms with Crippen molar-refractivity contribution in [2.45, 2.75) is 20.0 Å². The van der Waals surface area contributed by atoms with Crippen LogP contribution in [-0.2, 0) is 13.1 Å². The van der Waals surface area contributed by atoms with E-state index in [1.165, 1.54) is 0 Å². The van der Waals surface area contributed by atoms with Crippen LogP contribution in [0.5, 0.6) is 0 Å². The zero-order chi connectivity index (χ0) is 16.2. The minimum absolute atomic E-state index is 0.00776. The van der Waals surface area contributed by atoms with Crippen LogP contribution in [0.2, 0.25) is 5.15 Å². The average Bonchev–Trinajstić information content (AvgIpc) is 3.13. The fraction of sp³-hybridized carbons (Fsp3) is 0.250. The van der Waals surface area contributed by atoms with Gasteiger partial charge < -0.3 is 14.8 Å². The van der Waals surface area contributed by atoms with Gasteiger partial charge in [-0.15, -0.1) is 0 Å². The number of aliphatic hydroxyl groups is 1. The molecule has 0 spiro atoms. The molecule has 0 aromatic carbocycles. The van der Waals surface area contributed by atoms with Crippen molar-refractivity contribution in [1.82, 2.24) is 14.8 Å². The van der Waals surface area contributed by atoms with Crippen LogP contribution >= 0.6 is 11.6 Å². The summed E-state index contributed by atoms with van der Waals surface area (Å²) in [5, 5.41) is 17.5. The normalized spacial score (nSPS) is 10.9. The molecule has 0 atom stereocenters. The van der Waals surface area contributed by atoms with Gasteiger partial charge in [-0.2, -0.15) is 5.10 Å². The van der Waals surface area contributed by atoms with Crippen molar-refractivity contribution in [3.05, 3.63) is 53.2 Å². The third kappa shape index (κ3) is 3.38. The minimum atomic E-state index is 0.00776. The van der Waals surface area contributed by atoms with Crippen LogP contribution in [0.4, 0.5) is 5.82 Å². The highest BCUT2D eigenvalue weighted by molar-refractivity contribution is 6.30. The topological polar surface area (TPSA) is 76.1 Å². The Morgan fingerprint density at radius 1 is 1.39 bits per heavy atom. The number of aliphatic hydroxyl groups excluding tert-OH is 1. The lowest BCUT2D eigenvalue weighted by Gasteiger charge is -2.09. The van der Waals surface area contributed by atoms with E-state index in [2.05, 4.69) is 15.4 Å². The van der Waals surface area contributed by atoms with Gasteiger partial charge in [0.2, 0.25) is 0 Å². The predicted octanol–water partition coefficient (Wildman–Crippen LogP) is 3.10. The van der Waals surface area contributed by atoms with E-state index in [1.54, 1.807) is 17.1 Å². The first-order chi connectivity index (χ1) is 11.2. The highest BCUT2D eigenvalue weighted by Crippen LogP contribution is 2.26. The number of anilines is 1. The molecule has 3 aromatic rings. The predicted molar refractivity (Wildman–Crippen MR) is 88.3 cm³/mol. The van der Waals surface area contributed by atoms with Crippen LogP contribution < -0.4 is 5.32 Å². The summed E-state index contributed by atoms with van der Waals surface area (Å²) < 4.78 is 7.06. The Morgan fingerprint density at radius 3 is 2.96 bits per heavy atom. The Morgan fingerprint density at radius 2 is 2.26 bits per heavy atom. The maximum Gasteiger partial charge on any atom is 0.133 e. The van der Waals surface area contributed by atoms with Gasteiger partial charge in [-0.1, -0.05) is 17.7 Å². The van der Waals surface area contributed by atoms with E-state index in [1.807, 2.05) is 31.2 Å². The van der Waals surface area contributed by atoms with Gasteiger partial charge in [0, 0.05) is 29.9 Å². The van der Waals surface area contributed by atoms with Crippen molar-refractivity contribution >= 4 is 17.4 Å². The quantitative estimate of drug-likeness (QED) is 0.678. The second-order valence-electron chi connectivity index (χ2n) is 5.06. The summed E-state index contributed by atoms with van der Waals surface area (Å²) in [6, 6.07) is 7.56. The van der Waals surface area contributed by atoms with Crippen LogP contribution in [0.25, 0.3) is 11.3 Å². The van der Waals surface area contributed by atoms with Gasteiger partial charge in [-0.25, -0.2) is 9.67 Å². The van der Waals surface area contributed by atoms with Crippen LogP contribution in [0.3, 0.4) is 0 Å². The van der Waals surface area contributed by atoms with Crippen LogP contribution in [0.15, 0.2) is 41.1 Å². The monoisotopic (exact) mass is 332 g/mol. The van der Waals surface area contributed by atoms with Crippen molar-refractivity contribution < 1.29 is 9.52 Å². The highest BCUT2D eigenvalue weighted by atomic mass is 35.5. The largest absolute Gasteiger partial charge is 0.469 e. The van der Waals surface area contributed by atoms with Crippen molar-refractivity contribution in [1.29, 1.82) is 0 Å². The molecule has 0 saturated heterocycles. The first-order valence-electron chi connectivity index (χ1n) is 7.25. The molecule has 0 fully saturated rings. The Kier molecular flexibility index (Phi) is 4.64. The number of hydrogen-bond acceptors (Lipinski definition) is 5. The smallest absolute Gasteiger partial charge is 0.133 e. The van der Waals surface area contributed by atoms with Crippen LogP contribution in [0, 0.1) is 6.92 Å². The molecular formula is C16H17ClN4O2. The van der Waals surface area contributed by atoms with Crippen molar-refractivity contribution in [2.24, 2.45) is 0 Å². The number of pyridine rings is 1. The number of aryl methyl sites for hydroxylation is 1. The first-order valence-corrected chi connectivity index (χ1v) is 7.63. The minimum Gasteiger partial charge on any atom is -0.469 e. The number of rotatable bonds is 6. The maximum absolute atomic E-state index is 9.23. The number of nitrogens with zero attached hydrogens (tertiary/aromatic N) is 3. The third-order valence-corrected chi connectivity index (χ3v) is 3.86. The number of nitrogens with one attached hydrogen (secondary N) is 1. The Labute approximate surface area is 138 Å². The summed E-state index contributed by atoms with van der Waals surface area (Å²) in [7, 11) is 0. The molecule has 0 radical (unpaired) electrons. The Hall–Kier alpha value is -2.31. The zero-order valence-corrected chi connectivity index (χ0v) is 13.4. The van der Waals surface area contributed by atoms with Gasteiger partial charge >= 0.3 is 0 Å². The number of halogens is 1. The molecule has 120 valence electrons. The SMILES string of the molecule is Cc1occc1-c1cc(NCc2cccnc2Cl)n(CCO)n1. The maximum atomic E-state index is 9.23. The third-order valence-electron chi connectivity index (χ3n) is 3.52. The summed E-state index contributed by atoms with van der Waals surface area (Å²) in [6.07, 6.45) is 3.29. The van der Waals surface area contributed by atoms with E-state index in [4.69, 9.17) is 16.0 Å². The molecule has 0 amide bonds. The number of aromatic nitrogens is 3. The molecule has 0 bridgehead atoms. The van der Waals surface area contributed by atoms with Crippen LogP contribution in [-0.4, -0.2) is 26.5 Å². The molecule has 0 aliphatic heterocycles. The second kappa shape index (κ2) is 6.85. The van der Waals surface area contributed by atoms with E-state index in [0.29, 0.717) is 18.2 Å². The summed E-state index contributed by atoms with van der Waals surface area (Å²) in [6.45, 7) is 2.82. The van der Waals surface area contributed by atoms with Gasteiger partial charge in [0.15, 0.2) is 0 Å². The molecule has 2 N–H and O–H groups in total. The molecule has 7 heteroatoms. The number of hydrogen-bond donors (Lipinski definition) is 2. The summed E-state index contributed by atoms with van der Waals surface area (Å²) in [5.74, 6) is 1.61. The Bertz CT molecular complexity index is 797. The number of furan rings is 1. The van der Waals surface area contributed by atoms with E-state index >= 15 is 0 Å². The fourth-order valence-corrected chi connectivity index (χ4v) is 2.53. The molecule has 6 nitrogen and oxygen atoms in total. The molecule has 3 aromatic heterocycles. The van der Waals surface area contributed by atoms with Crippen LogP contribution in [0.1, 0.15) is 11.3 Å². The lowest BCUT2D eigenvalue weighted by atomic mass is 10.2. The van der Waals surface area contributed by atoms with Gasteiger partial charge in [0.25, 0.3) is 0 Å². The molecule has 0 unspecified atom stereocenters. The molecule has 0 aliphatic rings. The molecule has 3 heterocycles. The second-order valence-corrected chi connectivity index (χ2v) is 5.42. The summed E-state index contributed by atoms with van der Waals surface area (Å²) >= 11 is 6.07. The lowest BCUT2D eigenvalue weighted by Crippen LogP contribution is -2.10. The van der Waals surface area contributed by atoms with Crippen molar-refractivity contribution in [3.63, 3.8) is 0 Å². The zero-order valence-electron chi connectivity index (χ0n) is 12.7. The Balaban J connectivity index is 1.84. The molecule has 3 rings (SSSR count). The van der Waals surface area contributed by atoms with Gasteiger partial charge in [0.05, 0.1) is 25.1 Å². The standard InChI is InChI=1S/C16H17ClN4O2/c1-11-13(4-8-23-11)14-9-15(21(20-14)6-7-22)19-10-12-3-2-5-18-16(12)17/h2-5,8-9,19,22H,6-7,10H2,1H3. The fourth-order valence-electron chi connectivity index (χ4n) is 2.34. The molecule has 0 saturated carbocycles. The van der Waals surface area contributed by atoms with E-state index in [9.17, 15) is 5.11 Å². The molecule has 0 aliphatic carbocycles. The molecule has 23 heavy (non-hydrogen) atoms. The van der Waals surface area contributed by atoms with Gasteiger partial charge in [-0.05, 0) is 19.1 Å². The van der Waals surface area contributed by atoms with E-state index < -0.39 is 0 Å². The summed E-state index contributed by atoms with van der Waals surface area (Å²) in [5.41, 5.74) is 2.63. The van der Waals surface area contributed by atoms with E-state index in [0.717, 1.165) is 28.4 Å². The molecular weight excluding hydrogens is 316 g/mol. The van der Waals surface area contributed by atoms with E-state index in [-0.39, 0.29) is 6.61 Å². The van der Waals surface area contributed by atoms with Gasteiger partial charge in [-0.3, -0.25) is 0 Å². The lowest BCUT2D eigenvalue weighted by molar-refractivity contribution is 0.270. The average molecular weight is 333 g/mol. The van der Waals surface area contributed by atoms with Gasteiger partial charge in [0.1, 0.15) is 16.7 Å². The first kappa shape index (κ1) is 15.6. The summed E-state index contributed by atoms with van der Waals surface area (Å²) in [4.78, 5) is 4.06. The highest BCUT2D eigenvalue weighted by Gasteiger charge is 2.13. The van der Waals surface area contributed by atoms with Crippen molar-refractivity contribution in [3.8, 4) is 11.3 Å².